The molecule has 1 fully saturated rings. The predicted octanol–water partition coefficient (Wildman–Crippen LogP) is 0.233. The topological polar surface area (TPSA) is 41.6 Å². The van der Waals surface area contributed by atoms with E-state index < -0.39 is 0 Å². The van der Waals surface area contributed by atoms with Gasteiger partial charge in [0.15, 0.2) is 0 Å². The minimum absolute atomic E-state index is 0.138. The van der Waals surface area contributed by atoms with Crippen LogP contribution in [0.2, 0.25) is 0 Å². The largest absolute Gasteiger partial charge is 0.372 e. The molecule has 0 aromatic rings. The maximum absolute atomic E-state index is 11.9. The van der Waals surface area contributed by atoms with Crippen LogP contribution in [0.15, 0.2) is 0 Å². The summed E-state index contributed by atoms with van der Waals surface area (Å²) in [6.45, 7) is 5.53. The lowest BCUT2D eigenvalue weighted by atomic mass is 10.2. The molecule has 0 spiro atoms. The highest BCUT2D eigenvalue weighted by atomic mass is 16.5. The molecule has 1 saturated heterocycles. The number of carbonyl (C=O) groups excluding carboxylic acids is 1. The second-order valence-corrected chi connectivity index (χ2v) is 3.56. The van der Waals surface area contributed by atoms with Crippen LogP contribution in [0.1, 0.15) is 19.8 Å². The molecular formula is C10H20N2O2. The maximum atomic E-state index is 11.9. The van der Waals surface area contributed by atoms with Gasteiger partial charge in [0.2, 0.25) is 0 Å². The van der Waals surface area contributed by atoms with E-state index in [2.05, 4.69) is 5.32 Å². The Labute approximate surface area is 85.6 Å². The number of ether oxygens (including phenoxy) is 1. The number of hydrogen-bond donors (Lipinski definition) is 1. The maximum Gasteiger partial charge on any atom is 0.251 e. The first kappa shape index (κ1) is 11.5. The lowest BCUT2D eigenvalue weighted by Crippen LogP contribution is -2.41. The highest BCUT2D eigenvalue weighted by molar-refractivity contribution is 5.80. The molecule has 1 aliphatic rings. The molecule has 82 valence electrons. The van der Waals surface area contributed by atoms with Crippen LogP contribution >= 0.6 is 0 Å². The van der Waals surface area contributed by atoms with Crippen LogP contribution < -0.4 is 5.32 Å². The van der Waals surface area contributed by atoms with E-state index in [4.69, 9.17) is 4.74 Å². The van der Waals surface area contributed by atoms with Crippen LogP contribution in [0.4, 0.5) is 0 Å². The number of amides is 1. The van der Waals surface area contributed by atoms with Gasteiger partial charge >= 0.3 is 0 Å². The number of methoxy groups -OCH3 is 1. The first-order chi connectivity index (χ1) is 6.79. The summed E-state index contributed by atoms with van der Waals surface area (Å²) in [5.41, 5.74) is 0. The van der Waals surface area contributed by atoms with Gasteiger partial charge in [0, 0.05) is 26.7 Å². The molecule has 1 rings (SSSR count). The molecule has 0 radical (unpaired) electrons. The second kappa shape index (κ2) is 5.98. The van der Waals surface area contributed by atoms with Crippen molar-refractivity contribution in [3.05, 3.63) is 0 Å². The Hall–Kier alpha value is -0.610. The van der Waals surface area contributed by atoms with E-state index in [0.29, 0.717) is 0 Å². The number of nitrogens with one attached hydrogen (secondary N) is 1. The molecule has 1 aliphatic heterocycles. The SMILES string of the molecule is CCC(OC)C(=O)N1CCCNCC1. The van der Waals surface area contributed by atoms with Crippen molar-refractivity contribution < 1.29 is 9.53 Å². The molecule has 0 aliphatic carbocycles. The lowest BCUT2D eigenvalue weighted by Gasteiger charge is -2.24. The molecule has 0 saturated carbocycles. The fourth-order valence-corrected chi connectivity index (χ4v) is 1.71. The molecule has 1 N–H and O–H groups in total. The van der Waals surface area contributed by atoms with Crippen LogP contribution in [0, 0.1) is 0 Å². The quantitative estimate of drug-likeness (QED) is 0.709. The average molecular weight is 200 g/mol. The summed E-state index contributed by atoms with van der Waals surface area (Å²) in [7, 11) is 1.60. The summed E-state index contributed by atoms with van der Waals surface area (Å²) in [6, 6.07) is 0. The second-order valence-electron chi connectivity index (χ2n) is 3.56. The normalized spacial score (nSPS) is 20.3. The fraction of sp³-hybridized carbons (Fsp3) is 0.900. The zero-order valence-electron chi connectivity index (χ0n) is 9.08. The molecular weight excluding hydrogens is 180 g/mol. The van der Waals surface area contributed by atoms with Crippen molar-refractivity contribution in [2.45, 2.75) is 25.9 Å². The van der Waals surface area contributed by atoms with Gasteiger partial charge in [-0.2, -0.15) is 0 Å². The highest BCUT2D eigenvalue weighted by Crippen LogP contribution is 2.04. The Morgan fingerprint density at radius 3 is 2.93 bits per heavy atom. The summed E-state index contributed by atoms with van der Waals surface area (Å²) < 4.78 is 5.14. The van der Waals surface area contributed by atoms with E-state index in [1.165, 1.54) is 0 Å². The smallest absolute Gasteiger partial charge is 0.251 e. The summed E-state index contributed by atoms with van der Waals surface area (Å²) >= 11 is 0. The lowest BCUT2D eigenvalue weighted by molar-refractivity contribution is -0.141. The van der Waals surface area contributed by atoms with Crippen LogP contribution in [-0.2, 0) is 9.53 Å². The van der Waals surface area contributed by atoms with Gasteiger partial charge in [0.05, 0.1) is 0 Å². The number of nitrogens with zero attached hydrogens (tertiary/aromatic N) is 1. The van der Waals surface area contributed by atoms with E-state index in [1.54, 1.807) is 7.11 Å². The predicted molar refractivity (Wildman–Crippen MR) is 55.2 cm³/mol. The first-order valence-electron chi connectivity index (χ1n) is 5.32. The monoisotopic (exact) mass is 200 g/mol. The minimum atomic E-state index is -0.256. The Bertz CT molecular complexity index is 173. The van der Waals surface area contributed by atoms with E-state index >= 15 is 0 Å². The summed E-state index contributed by atoms with van der Waals surface area (Å²) in [5, 5.41) is 3.27. The third-order valence-corrected chi connectivity index (χ3v) is 2.58. The van der Waals surface area contributed by atoms with Crippen molar-refractivity contribution in [2.24, 2.45) is 0 Å². The highest BCUT2D eigenvalue weighted by Gasteiger charge is 2.22. The zero-order chi connectivity index (χ0) is 10.4. The number of carbonyl (C=O) groups is 1. The Kier molecular flexibility index (Phi) is 4.90. The Balaban J connectivity index is 2.48. The number of rotatable bonds is 3. The van der Waals surface area contributed by atoms with Crippen LogP contribution in [0.3, 0.4) is 0 Å². The van der Waals surface area contributed by atoms with Crippen molar-refractivity contribution in [3.8, 4) is 0 Å². The van der Waals surface area contributed by atoms with Crippen LogP contribution in [0.5, 0.6) is 0 Å². The molecule has 0 bridgehead atoms. The minimum Gasteiger partial charge on any atom is -0.372 e. The summed E-state index contributed by atoms with van der Waals surface area (Å²) in [5.74, 6) is 0.138. The number of hydrogen-bond acceptors (Lipinski definition) is 3. The zero-order valence-corrected chi connectivity index (χ0v) is 9.08. The molecule has 0 aromatic carbocycles. The van der Waals surface area contributed by atoms with Crippen molar-refractivity contribution in [3.63, 3.8) is 0 Å². The van der Waals surface area contributed by atoms with Gasteiger partial charge in [0.1, 0.15) is 6.10 Å². The molecule has 1 unspecified atom stereocenters. The molecule has 1 heterocycles. The van der Waals surface area contributed by atoms with Gasteiger partial charge in [-0.15, -0.1) is 0 Å². The third-order valence-electron chi connectivity index (χ3n) is 2.58. The van der Waals surface area contributed by atoms with E-state index in [-0.39, 0.29) is 12.0 Å². The van der Waals surface area contributed by atoms with E-state index in [9.17, 15) is 4.79 Å². The van der Waals surface area contributed by atoms with Gasteiger partial charge < -0.3 is 15.0 Å². The average Bonchev–Trinajstić information content (AvgIpc) is 2.47. The Morgan fingerprint density at radius 2 is 2.29 bits per heavy atom. The molecule has 1 atom stereocenters. The van der Waals surface area contributed by atoms with Gasteiger partial charge in [-0.3, -0.25) is 4.79 Å². The van der Waals surface area contributed by atoms with Crippen LogP contribution in [-0.4, -0.2) is 50.2 Å². The van der Waals surface area contributed by atoms with Crippen molar-refractivity contribution in [1.82, 2.24) is 10.2 Å². The van der Waals surface area contributed by atoms with E-state index in [1.807, 2.05) is 11.8 Å². The summed E-state index contributed by atoms with van der Waals surface area (Å²) in [4.78, 5) is 13.8. The third kappa shape index (κ3) is 2.96. The van der Waals surface area contributed by atoms with Crippen molar-refractivity contribution in [1.29, 1.82) is 0 Å². The van der Waals surface area contributed by atoms with Gasteiger partial charge in [-0.25, -0.2) is 0 Å². The van der Waals surface area contributed by atoms with Crippen molar-refractivity contribution >= 4 is 5.91 Å². The van der Waals surface area contributed by atoms with Gasteiger partial charge in [0.25, 0.3) is 5.91 Å². The Morgan fingerprint density at radius 1 is 1.50 bits per heavy atom. The molecule has 4 heteroatoms. The molecule has 1 amide bonds. The molecule has 14 heavy (non-hydrogen) atoms. The standard InChI is InChI=1S/C10H20N2O2/c1-3-9(14-2)10(13)12-7-4-5-11-6-8-12/h9,11H,3-8H2,1-2H3. The molecule has 4 nitrogen and oxygen atoms in total. The molecule has 0 aromatic heterocycles. The van der Waals surface area contributed by atoms with Crippen LogP contribution in [0.25, 0.3) is 0 Å². The fourth-order valence-electron chi connectivity index (χ4n) is 1.71. The van der Waals surface area contributed by atoms with Gasteiger partial charge in [-0.05, 0) is 19.4 Å². The van der Waals surface area contributed by atoms with E-state index in [0.717, 1.165) is 39.0 Å². The first-order valence-corrected chi connectivity index (χ1v) is 5.32. The van der Waals surface area contributed by atoms with Crippen molar-refractivity contribution in [2.75, 3.05) is 33.3 Å². The van der Waals surface area contributed by atoms with Gasteiger partial charge in [-0.1, -0.05) is 6.92 Å². The summed E-state index contributed by atoms with van der Waals surface area (Å²) in [6.07, 6.45) is 1.53.